The second kappa shape index (κ2) is 5.81. The average Bonchev–Trinajstić information content (AvgIpc) is 3.06. The van der Waals surface area contributed by atoms with Crippen molar-refractivity contribution in [1.82, 2.24) is 19.7 Å². The van der Waals surface area contributed by atoms with E-state index in [1.807, 2.05) is 12.4 Å². The number of rotatable bonds is 5. The van der Waals surface area contributed by atoms with Gasteiger partial charge >= 0.3 is 0 Å². The summed E-state index contributed by atoms with van der Waals surface area (Å²) in [6.07, 6.45) is 8.75. The summed E-state index contributed by atoms with van der Waals surface area (Å²) >= 11 is 0. The topological polar surface area (TPSA) is 79.6 Å². The van der Waals surface area contributed by atoms with Crippen LogP contribution in [0.3, 0.4) is 0 Å². The van der Waals surface area contributed by atoms with Crippen molar-refractivity contribution < 1.29 is 4.74 Å². The molecule has 128 valence electrons. The van der Waals surface area contributed by atoms with E-state index in [0.717, 1.165) is 60.0 Å². The van der Waals surface area contributed by atoms with Crippen LogP contribution in [-0.4, -0.2) is 39.2 Å². The first kappa shape index (κ1) is 14.8. The largest absolute Gasteiger partial charge is 0.381 e. The highest BCUT2D eigenvalue weighted by atomic mass is 16.5. The van der Waals surface area contributed by atoms with Gasteiger partial charge in [0.1, 0.15) is 5.65 Å². The van der Waals surface area contributed by atoms with Crippen molar-refractivity contribution in [3.8, 4) is 11.3 Å². The molecule has 1 saturated carbocycles. The van der Waals surface area contributed by atoms with Gasteiger partial charge < -0.3 is 15.1 Å². The van der Waals surface area contributed by atoms with Crippen LogP contribution in [0.2, 0.25) is 0 Å². The Morgan fingerprint density at radius 1 is 1.32 bits per heavy atom. The Balaban J connectivity index is 1.57. The number of nitrogens with one attached hydrogen (secondary N) is 2. The van der Waals surface area contributed by atoms with Gasteiger partial charge in [-0.05, 0) is 37.3 Å². The smallest absolute Gasteiger partial charge is 0.137 e. The van der Waals surface area contributed by atoms with E-state index in [-0.39, 0.29) is 0 Å². The predicted molar refractivity (Wildman–Crippen MR) is 96.1 cm³/mol. The Bertz CT molecular complexity index is 931. The monoisotopic (exact) mass is 335 g/mol. The molecule has 0 bridgehead atoms. The summed E-state index contributed by atoms with van der Waals surface area (Å²) in [5.41, 5.74) is 4.93. The van der Waals surface area contributed by atoms with Crippen LogP contribution in [-0.2, 0) is 11.3 Å². The molecule has 6 heteroatoms. The molecule has 3 aromatic rings. The molecule has 2 N–H and O–H groups in total. The molecule has 0 radical (unpaired) electrons. The normalized spacial score (nSPS) is 20.4. The van der Waals surface area contributed by atoms with Gasteiger partial charge in [-0.3, -0.25) is 4.68 Å². The van der Waals surface area contributed by atoms with Gasteiger partial charge in [-0.1, -0.05) is 0 Å². The van der Waals surface area contributed by atoms with Gasteiger partial charge in [-0.15, -0.1) is 0 Å². The summed E-state index contributed by atoms with van der Waals surface area (Å²) in [6, 6.07) is 4.29. The van der Waals surface area contributed by atoms with Crippen molar-refractivity contribution in [1.29, 1.82) is 5.41 Å². The first-order valence-corrected chi connectivity index (χ1v) is 8.95. The summed E-state index contributed by atoms with van der Waals surface area (Å²) in [5, 5.41) is 13.4. The zero-order valence-electron chi connectivity index (χ0n) is 14.0. The highest BCUT2D eigenvalue weighted by molar-refractivity contribution is 5.97. The number of ether oxygens (including phenoxy) is 1. The van der Waals surface area contributed by atoms with Crippen molar-refractivity contribution in [3.63, 3.8) is 0 Å². The Morgan fingerprint density at radius 2 is 2.24 bits per heavy atom. The fraction of sp³-hybridized carbons (Fsp3) is 0.421. The van der Waals surface area contributed by atoms with Crippen LogP contribution in [0.1, 0.15) is 36.4 Å². The molecule has 2 fully saturated rings. The summed E-state index contributed by atoms with van der Waals surface area (Å²) in [7, 11) is 0. The standard InChI is InChI=1S/C19H21N5O/c20-7-15-9-22-19-16(15)5-14(8-21-19)17-6-18(13-3-4-25-11-13)24(23-17)10-12-1-2-12/h5-9,12-13,20H,1-4,10-11H2,(H,21,22). The minimum Gasteiger partial charge on any atom is -0.381 e. The van der Waals surface area contributed by atoms with Crippen molar-refractivity contribution in [2.75, 3.05) is 13.2 Å². The second-order valence-corrected chi connectivity index (χ2v) is 7.15. The van der Waals surface area contributed by atoms with Gasteiger partial charge in [0.2, 0.25) is 0 Å². The van der Waals surface area contributed by atoms with Crippen LogP contribution in [0, 0.1) is 11.3 Å². The van der Waals surface area contributed by atoms with Crippen molar-refractivity contribution in [3.05, 3.63) is 35.8 Å². The van der Waals surface area contributed by atoms with Crippen LogP contribution in [0.25, 0.3) is 22.3 Å². The van der Waals surface area contributed by atoms with Crippen molar-refractivity contribution in [2.45, 2.75) is 31.7 Å². The number of pyridine rings is 1. The third-order valence-corrected chi connectivity index (χ3v) is 5.30. The summed E-state index contributed by atoms with van der Waals surface area (Å²) in [6.45, 7) is 2.65. The van der Waals surface area contributed by atoms with Gasteiger partial charge in [0, 0.05) is 59.9 Å². The van der Waals surface area contributed by atoms with Crippen molar-refractivity contribution >= 4 is 17.2 Å². The first-order chi connectivity index (χ1) is 12.3. The highest BCUT2D eigenvalue weighted by Gasteiger charge is 2.28. The molecular weight excluding hydrogens is 314 g/mol. The summed E-state index contributed by atoms with van der Waals surface area (Å²) < 4.78 is 7.80. The fourth-order valence-corrected chi connectivity index (χ4v) is 3.64. The summed E-state index contributed by atoms with van der Waals surface area (Å²) in [4.78, 5) is 7.61. The molecule has 1 saturated heterocycles. The first-order valence-electron chi connectivity index (χ1n) is 8.95. The molecular formula is C19H21N5O. The fourth-order valence-electron chi connectivity index (χ4n) is 3.64. The quantitative estimate of drug-likeness (QED) is 0.702. The van der Waals surface area contributed by atoms with Gasteiger partial charge in [-0.2, -0.15) is 5.10 Å². The van der Waals surface area contributed by atoms with E-state index >= 15 is 0 Å². The second-order valence-electron chi connectivity index (χ2n) is 7.15. The molecule has 1 aliphatic carbocycles. The molecule has 1 atom stereocenters. The number of nitrogens with zero attached hydrogens (tertiary/aromatic N) is 3. The molecule has 25 heavy (non-hydrogen) atoms. The van der Waals surface area contributed by atoms with E-state index in [4.69, 9.17) is 15.2 Å². The lowest BCUT2D eigenvalue weighted by Gasteiger charge is -2.10. The molecule has 0 amide bonds. The maximum absolute atomic E-state index is 7.55. The lowest BCUT2D eigenvalue weighted by Crippen LogP contribution is -2.10. The zero-order chi connectivity index (χ0) is 16.8. The minimum atomic E-state index is 0.445. The molecule has 1 unspecified atom stereocenters. The molecule has 0 spiro atoms. The van der Waals surface area contributed by atoms with E-state index in [1.165, 1.54) is 24.8 Å². The average molecular weight is 335 g/mol. The van der Waals surface area contributed by atoms with Crippen LogP contribution in [0.5, 0.6) is 0 Å². The Morgan fingerprint density at radius 3 is 3.00 bits per heavy atom. The minimum absolute atomic E-state index is 0.445. The van der Waals surface area contributed by atoms with Gasteiger partial charge in [0.25, 0.3) is 0 Å². The van der Waals surface area contributed by atoms with E-state index in [1.54, 1.807) is 0 Å². The zero-order valence-corrected chi connectivity index (χ0v) is 14.0. The van der Waals surface area contributed by atoms with Gasteiger partial charge in [-0.25, -0.2) is 4.98 Å². The van der Waals surface area contributed by atoms with E-state index in [2.05, 4.69) is 26.8 Å². The van der Waals surface area contributed by atoms with E-state index < -0.39 is 0 Å². The molecule has 3 aromatic heterocycles. The van der Waals surface area contributed by atoms with Crippen LogP contribution in [0.4, 0.5) is 0 Å². The number of aromatic amines is 1. The molecule has 1 aliphatic heterocycles. The maximum Gasteiger partial charge on any atom is 0.137 e. The predicted octanol–water partition coefficient (Wildman–Crippen LogP) is 3.34. The Hall–Kier alpha value is -2.47. The molecule has 6 nitrogen and oxygen atoms in total. The van der Waals surface area contributed by atoms with Crippen LogP contribution >= 0.6 is 0 Å². The molecule has 5 rings (SSSR count). The molecule has 4 heterocycles. The SMILES string of the molecule is N=Cc1c[nH]c2ncc(-c3cc(C4CCOC4)n(CC4CC4)n3)cc12. The number of H-pyrrole nitrogens is 1. The van der Waals surface area contributed by atoms with Crippen molar-refractivity contribution in [2.24, 2.45) is 5.92 Å². The molecule has 2 aliphatic rings. The number of aromatic nitrogens is 4. The molecule has 0 aromatic carbocycles. The number of hydrogen-bond acceptors (Lipinski definition) is 4. The maximum atomic E-state index is 7.55. The Labute approximate surface area is 145 Å². The number of hydrogen-bond donors (Lipinski definition) is 2. The lowest BCUT2D eigenvalue weighted by molar-refractivity contribution is 0.193. The highest BCUT2D eigenvalue weighted by Crippen LogP contribution is 2.35. The third kappa shape index (κ3) is 2.66. The third-order valence-electron chi connectivity index (χ3n) is 5.30. The van der Waals surface area contributed by atoms with E-state index in [0.29, 0.717) is 5.92 Å². The van der Waals surface area contributed by atoms with Crippen LogP contribution < -0.4 is 0 Å². The van der Waals surface area contributed by atoms with Gasteiger partial charge in [0.15, 0.2) is 0 Å². The van der Waals surface area contributed by atoms with E-state index in [9.17, 15) is 0 Å². The Kier molecular flexibility index (Phi) is 3.45. The lowest BCUT2D eigenvalue weighted by atomic mass is 10.0. The van der Waals surface area contributed by atoms with Crippen LogP contribution in [0.15, 0.2) is 24.5 Å². The van der Waals surface area contributed by atoms with Gasteiger partial charge in [0.05, 0.1) is 12.3 Å². The summed E-state index contributed by atoms with van der Waals surface area (Å²) in [5.74, 6) is 1.23. The number of fused-ring (bicyclic) bond motifs is 1.